The Kier molecular flexibility index (Phi) is 5.97. The van der Waals surface area contributed by atoms with Gasteiger partial charge in [0.1, 0.15) is 5.75 Å². The van der Waals surface area contributed by atoms with Gasteiger partial charge >= 0.3 is 6.36 Å². The Bertz CT molecular complexity index is 1250. The van der Waals surface area contributed by atoms with E-state index >= 15 is 0 Å². The molecular formula is C24H17F3N2O5. The zero-order valence-corrected chi connectivity index (χ0v) is 17.7. The molecule has 1 aliphatic heterocycles. The third kappa shape index (κ3) is 4.56. The Labute approximate surface area is 191 Å². The summed E-state index contributed by atoms with van der Waals surface area (Å²) in [6.45, 7) is -0.107. The maximum atomic E-state index is 12.9. The molecule has 174 valence electrons. The Morgan fingerprint density at radius 2 is 1.53 bits per heavy atom. The first-order valence-corrected chi connectivity index (χ1v) is 9.96. The van der Waals surface area contributed by atoms with Crippen molar-refractivity contribution in [1.29, 1.82) is 0 Å². The molecule has 0 saturated heterocycles. The van der Waals surface area contributed by atoms with Gasteiger partial charge < -0.3 is 14.8 Å². The van der Waals surface area contributed by atoms with Gasteiger partial charge in [0.15, 0.2) is 5.75 Å². The average molecular weight is 470 g/mol. The van der Waals surface area contributed by atoms with Crippen molar-refractivity contribution in [3.63, 3.8) is 0 Å². The third-order valence-corrected chi connectivity index (χ3v) is 5.09. The highest BCUT2D eigenvalue weighted by Crippen LogP contribution is 2.31. The number of anilines is 1. The highest BCUT2D eigenvalue weighted by atomic mass is 19.4. The van der Waals surface area contributed by atoms with Gasteiger partial charge in [0.2, 0.25) is 0 Å². The highest BCUT2D eigenvalue weighted by Gasteiger charge is 2.35. The average Bonchev–Trinajstić information content (AvgIpc) is 3.04. The number of rotatable bonds is 6. The van der Waals surface area contributed by atoms with Gasteiger partial charge in [0.05, 0.1) is 36.0 Å². The van der Waals surface area contributed by atoms with Crippen LogP contribution in [0, 0.1) is 0 Å². The molecule has 4 rings (SSSR count). The first-order valence-electron chi connectivity index (χ1n) is 9.96. The molecule has 7 nitrogen and oxygen atoms in total. The number of amides is 3. The number of alkyl halides is 3. The SMILES string of the molecule is COc1ccc(CN2C(=O)c3ccccc3C2=O)cc1C(=O)Nc1ccccc1OC(F)(F)F. The quantitative estimate of drug-likeness (QED) is 0.531. The van der Waals surface area contributed by atoms with Crippen LogP contribution < -0.4 is 14.8 Å². The van der Waals surface area contributed by atoms with E-state index in [-0.39, 0.29) is 23.5 Å². The molecule has 1 N–H and O–H groups in total. The van der Waals surface area contributed by atoms with E-state index in [4.69, 9.17) is 4.74 Å². The lowest BCUT2D eigenvalue weighted by molar-refractivity contribution is -0.274. The second kappa shape index (κ2) is 8.89. The van der Waals surface area contributed by atoms with Crippen LogP contribution in [0.15, 0.2) is 66.7 Å². The van der Waals surface area contributed by atoms with E-state index in [0.29, 0.717) is 16.7 Å². The number of benzene rings is 3. The zero-order chi connectivity index (χ0) is 24.5. The molecule has 0 saturated carbocycles. The molecule has 10 heteroatoms. The molecule has 3 amide bonds. The van der Waals surface area contributed by atoms with Crippen molar-refractivity contribution in [3.05, 3.63) is 89.0 Å². The number of carbonyl (C=O) groups excluding carboxylic acids is 3. The van der Waals surface area contributed by atoms with Crippen LogP contribution in [0.3, 0.4) is 0 Å². The molecule has 3 aromatic carbocycles. The van der Waals surface area contributed by atoms with Crippen LogP contribution in [-0.2, 0) is 6.54 Å². The summed E-state index contributed by atoms with van der Waals surface area (Å²) in [6.07, 6.45) is -4.94. The van der Waals surface area contributed by atoms with Crippen LogP contribution >= 0.6 is 0 Å². The predicted molar refractivity (Wildman–Crippen MR) is 115 cm³/mol. The van der Waals surface area contributed by atoms with Crippen LogP contribution in [0.25, 0.3) is 0 Å². The molecule has 0 fully saturated rings. The van der Waals surface area contributed by atoms with Crippen molar-refractivity contribution < 1.29 is 37.0 Å². The Balaban J connectivity index is 1.59. The normalized spacial score (nSPS) is 13.0. The molecule has 0 unspecified atom stereocenters. The summed E-state index contributed by atoms with van der Waals surface area (Å²) in [4.78, 5) is 39.3. The summed E-state index contributed by atoms with van der Waals surface area (Å²) in [6, 6.07) is 16.0. The number of imide groups is 1. The van der Waals surface area contributed by atoms with E-state index in [1.165, 1.54) is 37.4 Å². The number of fused-ring (bicyclic) bond motifs is 1. The minimum atomic E-state index is -4.94. The molecule has 34 heavy (non-hydrogen) atoms. The molecular weight excluding hydrogens is 453 g/mol. The van der Waals surface area contributed by atoms with Crippen molar-refractivity contribution in [2.75, 3.05) is 12.4 Å². The number of para-hydroxylation sites is 2. The summed E-state index contributed by atoms with van der Waals surface area (Å²) in [5, 5.41) is 2.39. The van der Waals surface area contributed by atoms with Crippen LogP contribution in [0.1, 0.15) is 36.6 Å². The Hall–Kier alpha value is -4.34. The first-order chi connectivity index (χ1) is 16.2. The number of methoxy groups -OCH3 is 1. The van der Waals surface area contributed by atoms with Gasteiger partial charge in [-0.25, -0.2) is 0 Å². The van der Waals surface area contributed by atoms with E-state index in [0.717, 1.165) is 11.0 Å². The van der Waals surface area contributed by atoms with Crippen molar-refractivity contribution in [2.45, 2.75) is 12.9 Å². The van der Waals surface area contributed by atoms with Gasteiger partial charge in [-0.2, -0.15) is 0 Å². The van der Waals surface area contributed by atoms with Gasteiger partial charge in [-0.15, -0.1) is 13.2 Å². The van der Waals surface area contributed by atoms with Crippen LogP contribution in [0.2, 0.25) is 0 Å². The van der Waals surface area contributed by atoms with Crippen molar-refractivity contribution in [1.82, 2.24) is 4.90 Å². The largest absolute Gasteiger partial charge is 0.573 e. The second-order valence-electron chi connectivity index (χ2n) is 7.27. The molecule has 0 bridgehead atoms. The summed E-state index contributed by atoms with van der Waals surface area (Å²) in [5.41, 5.74) is 0.830. The molecule has 0 aliphatic carbocycles. The van der Waals surface area contributed by atoms with Crippen LogP contribution in [-0.4, -0.2) is 36.1 Å². The number of nitrogens with zero attached hydrogens (tertiary/aromatic N) is 1. The molecule has 0 spiro atoms. The van der Waals surface area contributed by atoms with Gasteiger partial charge in [0, 0.05) is 0 Å². The minimum absolute atomic E-state index is 0.00146. The number of halogens is 3. The third-order valence-electron chi connectivity index (χ3n) is 5.09. The molecule has 0 atom stereocenters. The van der Waals surface area contributed by atoms with Crippen LogP contribution in [0.4, 0.5) is 18.9 Å². The number of hydrogen-bond donors (Lipinski definition) is 1. The summed E-state index contributed by atoms with van der Waals surface area (Å²) in [5.74, 6) is -2.11. The lowest BCUT2D eigenvalue weighted by Crippen LogP contribution is -2.29. The fourth-order valence-corrected chi connectivity index (χ4v) is 3.57. The summed E-state index contributed by atoms with van der Waals surface area (Å²) in [7, 11) is 1.33. The van der Waals surface area contributed by atoms with E-state index in [1.807, 2.05) is 0 Å². The summed E-state index contributed by atoms with van der Waals surface area (Å²) < 4.78 is 47.3. The number of ether oxygens (including phenoxy) is 2. The highest BCUT2D eigenvalue weighted by molar-refractivity contribution is 6.21. The summed E-state index contributed by atoms with van der Waals surface area (Å²) >= 11 is 0. The fraction of sp³-hybridized carbons (Fsp3) is 0.125. The van der Waals surface area contributed by atoms with Gasteiger partial charge in [-0.3, -0.25) is 19.3 Å². The molecule has 0 radical (unpaired) electrons. The number of nitrogens with one attached hydrogen (secondary N) is 1. The van der Waals surface area contributed by atoms with E-state index in [1.54, 1.807) is 30.3 Å². The lowest BCUT2D eigenvalue weighted by Gasteiger charge is -2.17. The number of carbonyl (C=O) groups is 3. The van der Waals surface area contributed by atoms with Gasteiger partial charge in [-0.1, -0.05) is 30.3 Å². The Morgan fingerprint density at radius 3 is 2.15 bits per heavy atom. The second-order valence-corrected chi connectivity index (χ2v) is 7.27. The van der Waals surface area contributed by atoms with Crippen molar-refractivity contribution in [2.24, 2.45) is 0 Å². The maximum absolute atomic E-state index is 12.9. The zero-order valence-electron chi connectivity index (χ0n) is 17.7. The lowest BCUT2D eigenvalue weighted by atomic mass is 10.1. The molecule has 0 aromatic heterocycles. The standard InChI is InChI=1S/C24H17F3N2O5/c1-33-19-11-10-14(13-29-22(31)15-6-2-3-7-16(15)23(29)32)12-17(19)21(30)28-18-8-4-5-9-20(18)34-24(25,26)27/h2-12H,13H2,1H3,(H,28,30). The van der Waals surface area contributed by atoms with E-state index in [2.05, 4.69) is 10.1 Å². The van der Waals surface area contributed by atoms with Crippen molar-refractivity contribution >= 4 is 23.4 Å². The van der Waals surface area contributed by atoms with Crippen LogP contribution in [0.5, 0.6) is 11.5 Å². The molecule has 1 heterocycles. The van der Waals surface area contributed by atoms with Gasteiger partial charge in [0.25, 0.3) is 17.7 Å². The monoisotopic (exact) mass is 470 g/mol. The number of hydrogen-bond acceptors (Lipinski definition) is 5. The topological polar surface area (TPSA) is 84.9 Å². The Morgan fingerprint density at radius 1 is 0.912 bits per heavy atom. The fourth-order valence-electron chi connectivity index (χ4n) is 3.57. The predicted octanol–water partition coefficient (Wildman–Crippen LogP) is 4.64. The molecule has 1 aliphatic rings. The minimum Gasteiger partial charge on any atom is -0.496 e. The van der Waals surface area contributed by atoms with E-state index in [9.17, 15) is 27.6 Å². The van der Waals surface area contributed by atoms with Gasteiger partial charge in [-0.05, 0) is 42.0 Å². The van der Waals surface area contributed by atoms with Crippen molar-refractivity contribution in [3.8, 4) is 11.5 Å². The maximum Gasteiger partial charge on any atom is 0.573 e. The first kappa shape index (κ1) is 22.8. The van der Waals surface area contributed by atoms with E-state index < -0.39 is 29.8 Å². The smallest absolute Gasteiger partial charge is 0.496 e. The molecule has 3 aromatic rings.